The van der Waals surface area contributed by atoms with E-state index in [0.29, 0.717) is 6.42 Å². The molecule has 0 spiro atoms. The molecule has 0 fully saturated rings. The number of carbonyl (C=O) groups excluding carboxylic acids is 4. The number of H-pyrrole nitrogens is 1. The van der Waals surface area contributed by atoms with E-state index >= 15 is 0 Å². The van der Waals surface area contributed by atoms with E-state index in [4.69, 9.17) is 11.5 Å². The Hall–Kier alpha value is -3.93. The van der Waals surface area contributed by atoms with Gasteiger partial charge < -0.3 is 37.5 Å². The zero-order valence-electron chi connectivity index (χ0n) is 22.8. The molecule has 0 aliphatic rings. The Balaban J connectivity index is 2.15. The second-order valence-electron chi connectivity index (χ2n) is 10.3. The molecular formula is C27H40N6O6. The van der Waals surface area contributed by atoms with Crippen LogP contribution in [-0.4, -0.2) is 63.9 Å². The van der Waals surface area contributed by atoms with Gasteiger partial charge in [0.25, 0.3) is 0 Å². The predicted molar refractivity (Wildman–Crippen MR) is 146 cm³/mol. The number of rotatable bonds is 15. The van der Waals surface area contributed by atoms with Gasteiger partial charge in [0.2, 0.25) is 23.6 Å². The zero-order chi connectivity index (χ0) is 29.3. The second-order valence-corrected chi connectivity index (χ2v) is 10.3. The molecule has 5 atom stereocenters. The molecular weight excluding hydrogens is 504 g/mol. The third-order valence-electron chi connectivity index (χ3n) is 6.60. The van der Waals surface area contributed by atoms with Crippen molar-refractivity contribution in [3.05, 3.63) is 36.0 Å². The number of carboxylic acid groups (broad SMARTS) is 1. The number of hydrogen-bond donors (Lipinski definition) is 7. The molecule has 5 unspecified atom stereocenters. The maximum atomic E-state index is 13.3. The normalized spacial score (nSPS) is 15.1. The highest BCUT2D eigenvalue weighted by Crippen LogP contribution is 2.19. The van der Waals surface area contributed by atoms with E-state index in [1.165, 1.54) is 0 Å². The molecule has 0 aliphatic carbocycles. The van der Waals surface area contributed by atoms with Crippen LogP contribution >= 0.6 is 0 Å². The van der Waals surface area contributed by atoms with E-state index in [0.717, 1.165) is 16.5 Å². The average Bonchev–Trinajstić information content (AvgIpc) is 3.27. The summed E-state index contributed by atoms with van der Waals surface area (Å²) in [5, 5.41) is 18.0. The number of hydrogen-bond acceptors (Lipinski definition) is 6. The molecule has 39 heavy (non-hydrogen) atoms. The van der Waals surface area contributed by atoms with Crippen molar-refractivity contribution in [3.63, 3.8) is 0 Å². The first-order valence-electron chi connectivity index (χ1n) is 13.1. The quantitative estimate of drug-likeness (QED) is 0.169. The van der Waals surface area contributed by atoms with Gasteiger partial charge in [-0.25, -0.2) is 4.79 Å². The van der Waals surface area contributed by atoms with Crippen LogP contribution in [-0.2, 0) is 30.4 Å². The van der Waals surface area contributed by atoms with Crippen LogP contribution in [0.25, 0.3) is 10.9 Å². The van der Waals surface area contributed by atoms with E-state index in [9.17, 15) is 29.1 Å². The fourth-order valence-electron chi connectivity index (χ4n) is 4.23. The van der Waals surface area contributed by atoms with Crippen LogP contribution < -0.4 is 27.4 Å². The molecule has 12 heteroatoms. The summed E-state index contributed by atoms with van der Waals surface area (Å²) in [7, 11) is 0. The van der Waals surface area contributed by atoms with Gasteiger partial charge in [-0.2, -0.15) is 0 Å². The molecule has 0 bridgehead atoms. The van der Waals surface area contributed by atoms with Crippen LogP contribution in [0.4, 0.5) is 0 Å². The van der Waals surface area contributed by atoms with Crippen molar-refractivity contribution in [1.82, 2.24) is 20.9 Å². The maximum absolute atomic E-state index is 13.3. The van der Waals surface area contributed by atoms with Crippen LogP contribution in [0.3, 0.4) is 0 Å². The lowest BCUT2D eigenvalue weighted by Gasteiger charge is -2.28. The fraction of sp³-hybridized carbons (Fsp3) is 0.519. The van der Waals surface area contributed by atoms with Gasteiger partial charge in [-0.15, -0.1) is 0 Å². The highest BCUT2D eigenvalue weighted by molar-refractivity contribution is 5.95. The SMILES string of the molecule is CCC(C)C(NC(=O)C(N)Cc1c[nH]c2ccccc12)C(=O)NC(CC(C)C)C(=O)NC(CC(N)=O)C(=O)O. The van der Waals surface area contributed by atoms with Crippen molar-refractivity contribution in [2.75, 3.05) is 0 Å². The van der Waals surface area contributed by atoms with E-state index in [1.807, 2.05) is 45.0 Å². The van der Waals surface area contributed by atoms with Crippen molar-refractivity contribution in [2.24, 2.45) is 23.3 Å². The Bertz CT molecular complexity index is 1180. The smallest absolute Gasteiger partial charge is 0.326 e. The summed E-state index contributed by atoms with van der Waals surface area (Å²) in [4.78, 5) is 65.2. The lowest BCUT2D eigenvalue weighted by Crippen LogP contribution is -2.59. The molecule has 1 heterocycles. The Morgan fingerprint density at radius 1 is 0.949 bits per heavy atom. The summed E-state index contributed by atoms with van der Waals surface area (Å²) >= 11 is 0. The van der Waals surface area contributed by atoms with Crippen LogP contribution in [0, 0.1) is 11.8 Å². The van der Waals surface area contributed by atoms with Crippen LogP contribution in [0.1, 0.15) is 52.5 Å². The van der Waals surface area contributed by atoms with Gasteiger partial charge in [-0.05, 0) is 36.3 Å². The van der Waals surface area contributed by atoms with Crippen LogP contribution in [0.15, 0.2) is 30.5 Å². The Morgan fingerprint density at radius 3 is 2.18 bits per heavy atom. The molecule has 214 valence electrons. The first-order chi connectivity index (χ1) is 18.3. The Morgan fingerprint density at radius 2 is 1.59 bits per heavy atom. The number of aromatic amines is 1. The fourth-order valence-corrected chi connectivity index (χ4v) is 4.23. The minimum absolute atomic E-state index is 0.0401. The second kappa shape index (κ2) is 14.3. The molecule has 2 aromatic rings. The van der Waals surface area contributed by atoms with E-state index in [1.54, 1.807) is 13.1 Å². The van der Waals surface area contributed by atoms with E-state index < -0.39 is 60.2 Å². The van der Waals surface area contributed by atoms with Gasteiger partial charge in [0.15, 0.2) is 0 Å². The van der Waals surface area contributed by atoms with Gasteiger partial charge >= 0.3 is 5.97 Å². The van der Waals surface area contributed by atoms with Crippen molar-refractivity contribution in [3.8, 4) is 0 Å². The standard InChI is InChI=1S/C27H40N6O6/c1-5-15(4)23(33-24(35)18(28)11-16-13-30-19-9-7-6-8-17(16)19)26(37)31-20(10-14(2)3)25(36)32-21(27(38)39)12-22(29)34/h6-9,13-15,18,20-21,23,30H,5,10-12,28H2,1-4H3,(H2,29,34)(H,31,37)(H,32,36)(H,33,35)(H,38,39). The minimum atomic E-state index is -1.53. The highest BCUT2D eigenvalue weighted by Gasteiger charge is 2.33. The number of amides is 4. The Labute approximate surface area is 227 Å². The predicted octanol–water partition coefficient (Wildman–Crippen LogP) is 0.544. The number of aromatic nitrogens is 1. The molecule has 9 N–H and O–H groups in total. The molecule has 0 saturated heterocycles. The van der Waals surface area contributed by atoms with Gasteiger partial charge in [-0.3, -0.25) is 19.2 Å². The summed E-state index contributed by atoms with van der Waals surface area (Å²) in [6.07, 6.45) is 2.20. The monoisotopic (exact) mass is 544 g/mol. The van der Waals surface area contributed by atoms with Gasteiger partial charge in [0, 0.05) is 17.1 Å². The van der Waals surface area contributed by atoms with Crippen molar-refractivity contribution >= 4 is 40.5 Å². The summed E-state index contributed by atoms with van der Waals surface area (Å²) in [6, 6.07) is 3.10. The third kappa shape index (κ3) is 9.10. The van der Waals surface area contributed by atoms with Crippen molar-refractivity contribution in [2.45, 2.75) is 77.5 Å². The zero-order valence-corrected chi connectivity index (χ0v) is 22.8. The summed E-state index contributed by atoms with van der Waals surface area (Å²) < 4.78 is 0. The van der Waals surface area contributed by atoms with Gasteiger partial charge in [-0.1, -0.05) is 52.3 Å². The minimum Gasteiger partial charge on any atom is -0.480 e. The maximum Gasteiger partial charge on any atom is 0.326 e. The number of nitrogens with two attached hydrogens (primary N) is 2. The average molecular weight is 545 g/mol. The van der Waals surface area contributed by atoms with Crippen LogP contribution in [0.2, 0.25) is 0 Å². The summed E-state index contributed by atoms with van der Waals surface area (Å²) in [5.74, 6) is -4.53. The number of fused-ring (bicyclic) bond motifs is 1. The molecule has 12 nitrogen and oxygen atoms in total. The molecule has 1 aromatic heterocycles. The Kier molecular flexibility index (Phi) is 11.5. The highest BCUT2D eigenvalue weighted by atomic mass is 16.4. The van der Waals surface area contributed by atoms with Crippen molar-refractivity contribution in [1.29, 1.82) is 0 Å². The number of carbonyl (C=O) groups is 5. The number of carboxylic acids is 1. The largest absolute Gasteiger partial charge is 0.480 e. The molecule has 0 saturated carbocycles. The number of primary amides is 1. The number of para-hydroxylation sites is 1. The van der Waals surface area contributed by atoms with Crippen molar-refractivity contribution < 1.29 is 29.1 Å². The van der Waals surface area contributed by atoms with Gasteiger partial charge in [0.1, 0.15) is 18.1 Å². The lowest BCUT2D eigenvalue weighted by atomic mass is 9.96. The summed E-state index contributed by atoms with van der Waals surface area (Å²) in [5.41, 5.74) is 13.1. The number of benzene rings is 1. The third-order valence-corrected chi connectivity index (χ3v) is 6.60. The molecule has 0 aliphatic heterocycles. The molecule has 1 aromatic carbocycles. The lowest BCUT2D eigenvalue weighted by molar-refractivity contribution is -0.144. The van der Waals surface area contributed by atoms with Crippen LogP contribution in [0.5, 0.6) is 0 Å². The number of nitrogens with one attached hydrogen (secondary N) is 4. The van der Waals surface area contributed by atoms with Gasteiger partial charge in [0.05, 0.1) is 12.5 Å². The first kappa shape index (κ1) is 31.3. The van der Waals surface area contributed by atoms with E-state index in [-0.39, 0.29) is 24.7 Å². The van der Waals surface area contributed by atoms with E-state index in [2.05, 4.69) is 20.9 Å². The topological polar surface area (TPSA) is 209 Å². The molecule has 4 amide bonds. The molecule has 0 radical (unpaired) electrons. The first-order valence-corrected chi connectivity index (χ1v) is 13.1. The molecule has 2 rings (SSSR count). The number of aliphatic carboxylic acids is 1. The summed E-state index contributed by atoms with van der Waals surface area (Å²) in [6.45, 7) is 7.33.